The van der Waals surface area contributed by atoms with E-state index in [-0.39, 0.29) is 5.91 Å². The average Bonchev–Trinajstić information content (AvgIpc) is 3.22. The van der Waals surface area contributed by atoms with E-state index in [2.05, 4.69) is 32.2 Å². The minimum atomic E-state index is -0.00184. The fourth-order valence-corrected chi connectivity index (χ4v) is 3.92. The molecule has 8 nitrogen and oxygen atoms in total. The second-order valence-electron chi connectivity index (χ2n) is 7.53. The highest BCUT2D eigenvalue weighted by molar-refractivity contribution is 6.29. The van der Waals surface area contributed by atoms with Crippen molar-refractivity contribution in [1.82, 2.24) is 24.9 Å². The molecule has 2 aromatic heterocycles. The SMILES string of the molecule is COCc1nc(-c2cccc(CN3CCN(C(=O)c4cc(C)nc(Cl)c4)CC3)c2)no1. The minimum absolute atomic E-state index is 0.00184. The molecule has 0 spiro atoms. The summed E-state index contributed by atoms with van der Waals surface area (Å²) in [5.74, 6) is 1.00. The number of hydrogen-bond donors (Lipinski definition) is 0. The second kappa shape index (κ2) is 9.55. The van der Waals surface area contributed by atoms with Crippen molar-refractivity contribution in [2.75, 3.05) is 33.3 Å². The zero-order chi connectivity index (χ0) is 21.8. The van der Waals surface area contributed by atoms with Gasteiger partial charge in [0.15, 0.2) is 0 Å². The number of carbonyl (C=O) groups is 1. The van der Waals surface area contributed by atoms with E-state index >= 15 is 0 Å². The van der Waals surface area contributed by atoms with Gasteiger partial charge in [-0.3, -0.25) is 9.69 Å². The summed E-state index contributed by atoms with van der Waals surface area (Å²) in [6.45, 7) is 5.86. The number of nitrogens with zero attached hydrogens (tertiary/aromatic N) is 5. The Morgan fingerprint density at radius 2 is 1.97 bits per heavy atom. The van der Waals surface area contributed by atoms with Crippen molar-refractivity contribution in [2.45, 2.75) is 20.1 Å². The molecule has 1 aromatic carbocycles. The Balaban J connectivity index is 1.36. The van der Waals surface area contributed by atoms with Crippen LogP contribution in [0.25, 0.3) is 11.4 Å². The normalized spacial score (nSPS) is 14.7. The van der Waals surface area contributed by atoms with Gasteiger partial charge in [-0.25, -0.2) is 4.98 Å². The Bertz CT molecular complexity index is 1040. The van der Waals surface area contributed by atoms with Crippen molar-refractivity contribution >= 4 is 17.5 Å². The molecule has 3 aromatic rings. The highest BCUT2D eigenvalue weighted by atomic mass is 35.5. The van der Waals surface area contributed by atoms with Gasteiger partial charge >= 0.3 is 0 Å². The van der Waals surface area contributed by atoms with Gasteiger partial charge in [0, 0.05) is 56.7 Å². The monoisotopic (exact) mass is 441 g/mol. The van der Waals surface area contributed by atoms with Crippen LogP contribution in [0.15, 0.2) is 40.9 Å². The topological polar surface area (TPSA) is 84.6 Å². The fourth-order valence-electron chi connectivity index (χ4n) is 3.66. The maximum absolute atomic E-state index is 12.8. The molecule has 31 heavy (non-hydrogen) atoms. The van der Waals surface area contributed by atoms with Crippen LogP contribution in [0.5, 0.6) is 0 Å². The molecule has 1 amide bonds. The Morgan fingerprint density at radius 3 is 2.71 bits per heavy atom. The van der Waals surface area contributed by atoms with Crippen molar-refractivity contribution in [1.29, 1.82) is 0 Å². The van der Waals surface area contributed by atoms with Crippen molar-refractivity contribution in [3.8, 4) is 11.4 Å². The van der Waals surface area contributed by atoms with E-state index in [1.807, 2.05) is 24.0 Å². The predicted molar refractivity (Wildman–Crippen MR) is 116 cm³/mol. The summed E-state index contributed by atoms with van der Waals surface area (Å²) in [4.78, 5) is 25.5. The number of ether oxygens (including phenoxy) is 1. The van der Waals surface area contributed by atoms with Crippen molar-refractivity contribution in [3.63, 3.8) is 0 Å². The molecule has 0 atom stereocenters. The van der Waals surface area contributed by atoms with E-state index in [0.717, 1.165) is 36.5 Å². The van der Waals surface area contributed by atoms with Gasteiger partial charge in [0.25, 0.3) is 11.8 Å². The highest BCUT2D eigenvalue weighted by Crippen LogP contribution is 2.20. The van der Waals surface area contributed by atoms with Crippen LogP contribution < -0.4 is 0 Å². The molecule has 0 aliphatic carbocycles. The Morgan fingerprint density at radius 1 is 1.16 bits per heavy atom. The number of methoxy groups -OCH3 is 1. The molecule has 0 radical (unpaired) electrons. The Kier molecular flexibility index (Phi) is 6.60. The van der Waals surface area contributed by atoms with Crippen LogP contribution in [0.3, 0.4) is 0 Å². The lowest BCUT2D eigenvalue weighted by molar-refractivity contribution is 0.0628. The van der Waals surface area contributed by atoms with E-state index in [0.29, 0.717) is 42.1 Å². The number of hydrogen-bond acceptors (Lipinski definition) is 7. The van der Waals surface area contributed by atoms with Gasteiger partial charge in [0.05, 0.1) is 0 Å². The summed E-state index contributed by atoms with van der Waals surface area (Å²) >= 11 is 6.01. The highest BCUT2D eigenvalue weighted by Gasteiger charge is 2.23. The molecule has 0 saturated carbocycles. The Hall–Kier alpha value is -2.81. The maximum Gasteiger partial charge on any atom is 0.254 e. The molecule has 4 rings (SSSR count). The van der Waals surface area contributed by atoms with Crippen LogP contribution in [0.2, 0.25) is 5.15 Å². The molecule has 1 aliphatic rings. The van der Waals surface area contributed by atoms with Crippen LogP contribution >= 0.6 is 11.6 Å². The summed E-state index contributed by atoms with van der Waals surface area (Å²) in [6, 6.07) is 11.5. The first kappa shape index (κ1) is 21.4. The number of rotatable bonds is 6. The molecule has 1 fully saturated rings. The molecule has 162 valence electrons. The predicted octanol–water partition coefficient (Wildman–Crippen LogP) is 3.20. The Labute approximate surface area is 185 Å². The largest absolute Gasteiger partial charge is 0.375 e. The first-order chi connectivity index (χ1) is 15.0. The summed E-state index contributed by atoms with van der Waals surface area (Å²) in [5, 5.41) is 4.37. The zero-order valence-electron chi connectivity index (χ0n) is 17.5. The quantitative estimate of drug-likeness (QED) is 0.543. The van der Waals surface area contributed by atoms with Crippen LogP contribution in [-0.4, -0.2) is 64.1 Å². The summed E-state index contributed by atoms with van der Waals surface area (Å²) < 4.78 is 10.2. The number of aryl methyl sites for hydroxylation is 1. The van der Waals surface area contributed by atoms with Crippen molar-refractivity contribution < 1.29 is 14.1 Å². The van der Waals surface area contributed by atoms with Gasteiger partial charge in [-0.1, -0.05) is 35.0 Å². The van der Waals surface area contributed by atoms with Crippen molar-refractivity contribution in [2.24, 2.45) is 0 Å². The van der Waals surface area contributed by atoms with E-state index in [1.165, 1.54) is 0 Å². The third kappa shape index (κ3) is 5.28. The van der Waals surface area contributed by atoms with E-state index < -0.39 is 0 Å². The number of pyridine rings is 1. The van der Waals surface area contributed by atoms with E-state index in [1.54, 1.807) is 19.2 Å². The first-order valence-electron chi connectivity index (χ1n) is 10.1. The lowest BCUT2D eigenvalue weighted by Gasteiger charge is -2.35. The van der Waals surface area contributed by atoms with E-state index in [4.69, 9.17) is 20.9 Å². The molecule has 0 unspecified atom stereocenters. The van der Waals surface area contributed by atoms with Crippen LogP contribution in [-0.2, 0) is 17.9 Å². The number of halogens is 1. The summed E-state index contributed by atoms with van der Waals surface area (Å²) in [7, 11) is 1.59. The average molecular weight is 442 g/mol. The second-order valence-corrected chi connectivity index (χ2v) is 7.92. The third-order valence-corrected chi connectivity index (χ3v) is 5.35. The number of aromatic nitrogens is 3. The first-order valence-corrected chi connectivity index (χ1v) is 10.5. The summed E-state index contributed by atoms with van der Waals surface area (Å²) in [6.07, 6.45) is 0. The number of amides is 1. The molecule has 9 heteroatoms. The molecule has 1 aliphatic heterocycles. The van der Waals surface area contributed by atoms with Gasteiger partial charge in [0.2, 0.25) is 5.82 Å². The van der Waals surface area contributed by atoms with Crippen LogP contribution in [0.4, 0.5) is 0 Å². The van der Waals surface area contributed by atoms with Crippen molar-refractivity contribution in [3.05, 3.63) is 64.3 Å². The standard InChI is InChI=1S/C22H24ClN5O3/c1-15-10-18(12-19(23)24-15)22(29)28-8-6-27(7-9-28)13-16-4-3-5-17(11-16)21-25-20(14-30-2)31-26-21/h3-5,10-12H,6-9,13-14H2,1-2H3. The number of carbonyl (C=O) groups excluding carboxylic acids is 1. The summed E-state index contributed by atoms with van der Waals surface area (Å²) in [5.41, 5.74) is 3.39. The third-order valence-electron chi connectivity index (χ3n) is 5.16. The van der Waals surface area contributed by atoms with Gasteiger partial charge in [-0.15, -0.1) is 0 Å². The van der Waals surface area contributed by atoms with Gasteiger partial charge in [-0.2, -0.15) is 4.98 Å². The number of piperazine rings is 1. The maximum atomic E-state index is 12.8. The van der Waals surface area contributed by atoms with Crippen LogP contribution in [0.1, 0.15) is 27.5 Å². The molecule has 3 heterocycles. The van der Waals surface area contributed by atoms with Gasteiger partial charge < -0.3 is 14.2 Å². The van der Waals surface area contributed by atoms with Gasteiger partial charge in [0.1, 0.15) is 11.8 Å². The number of benzene rings is 1. The zero-order valence-corrected chi connectivity index (χ0v) is 18.3. The van der Waals surface area contributed by atoms with Gasteiger partial charge in [-0.05, 0) is 30.7 Å². The molecule has 1 saturated heterocycles. The molecular weight excluding hydrogens is 418 g/mol. The lowest BCUT2D eigenvalue weighted by Crippen LogP contribution is -2.48. The smallest absolute Gasteiger partial charge is 0.254 e. The molecular formula is C22H24ClN5O3. The van der Waals surface area contributed by atoms with E-state index in [9.17, 15) is 4.79 Å². The minimum Gasteiger partial charge on any atom is -0.375 e. The fraction of sp³-hybridized carbons (Fsp3) is 0.364. The molecule has 0 N–H and O–H groups in total. The molecule has 0 bridgehead atoms. The lowest BCUT2D eigenvalue weighted by atomic mass is 10.1. The van der Waals surface area contributed by atoms with Crippen LogP contribution in [0, 0.1) is 6.92 Å².